The third-order valence-corrected chi connectivity index (χ3v) is 3.68. The van der Waals surface area contributed by atoms with Gasteiger partial charge in [0.25, 0.3) is 0 Å². The minimum Gasteiger partial charge on any atom is -0.356 e. The van der Waals surface area contributed by atoms with Crippen LogP contribution in [0.15, 0.2) is 58.4 Å². The van der Waals surface area contributed by atoms with Crippen molar-refractivity contribution in [1.82, 2.24) is 5.32 Å². The highest BCUT2D eigenvalue weighted by Gasteiger charge is 2.33. The minimum absolute atomic E-state index is 0.0653. The molecule has 0 bridgehead atoms. The zero-order valence-corrected chi connectivity index (χ0v) is 12.8. The number of benzene rings is 1. The molecule has 1 atom stereocenters. The Labute approximate surface area is 134 Å². The molecule has 0 saturated carbocycles. The van der Waals surface area contributed by atoms with Crippen molar-refractivity contribution in [3.8, 4) is 12.1 Å². The topological polar surface area (TPSA) is 101 Å². The lowest BCUT2D eigenvalue weighted by atomic mass is 9.78. The normalized spacial score (nSPS) is 16.8. The van der Waals surface area contributed by atoms with E-state index in [4.69, 9.17) is 5.41 Å². The van der Waals surface area contributed by atoms with Gasteiger partial charge in [-0.1, -0.05) is 30.3 Å². The summed E-state index contributed by atoms with van der Waals surface area (Å²) in [5.41, 5.74) is 2.26. The van der Waals surface area contributed by atoms with Gasteiger partial charge in [-0.05, 0) is 25.3 Å². The number of Topliss-reactive ketones (excluding diaryl/α,β-unsaturated/α-hetero) is 1. The first kappa shape index (κ1) is 16.0. The summed E-state index contributed by atoms with van der Waals surface area (Å²) in [5.74, 6) is 1.34. The summed E-state index contributed by atoms with van der Waals surface area (Å²) in [4.78, 5) is 12.1. The van der Waals surface area contributed by atoms with Gasteiger partial charge in [-0.2, -0.15) is 10.5 Å². The van der Waals surface area contributed by atoms with Crippen LogP contribution in [-0.4, -0.2) is 11.7 Å². The molecule has 1 aliphatic heterocycles. The molecular formula is C18H14N4O. The lowest BCUT2D eigenvalue weighted by Gasteiger charge is -2.29. The average Bonchev–Trinajstić information content (AvgIpc) is 2.55. The molecule has 1 aliphatic rings. The molecule has 0 amide bonds. The van der Waals surface area contributed by atoms with Crippen molar-refractivity contribution in [2.75, 3.05) is 0 Å². The fourth-order valence-corrected chi connectivity index (χ4v) is 2.74. The van der Waals surface area contributed by atoms with E-state index < -0.39 is 5.92 Å². The number of nitrogens with zero attached hydrogens (tertiary/aromatic N) is 2. The van der Waals surface area contributed by atoms with E-state index in [2.05, 4.69) is 11.4 Å². The van der Waals surface area contributed by atoms with Gasteiger partial charge >= 0.3 is 0 Å². The van der Waals surface area contributed by atoms with Gasteiger partial charge in [0.2, 0.25) is 0 Å². The van der Waals surface area contributed by atoms with Crippen molar-refractivity contribution in [2.24, 2.45) is 0 Å². The van der Waals surface area contributed by atoms with Gasteiger partial charge in [0, 0.05) is 11.3 Å². The second kappa shape index (κ2) is 6.58. The highest BCUT2D eigenvalue weighted by Crippen LogP contribution is 2.39. The molecule has 1 aromatic carbocycles. The van der Waals surface area contributed by atoms with Gasteiger partial charge in [-0.25, -0.2) is 0 Å². The van der Waals surface area contributed by atoms with E-state index in [1.54, 1.807) is 6.92 Å². The number of carbonyl (C=O) groups is 1. The largest absolute Gasteiger partial charge is 0.356 e. The van der Waals surface area contributed by atoms with Crippen molar-refractivity contribution < 1.29 is 4.79 Å². The highest BCUT2D eigenvalue weighted by molar-refractivity contribution is 5.97. The lowest BCUT2D eigenvalue weighted by molar-refractivity contribution is -0.113. The molecule has 2 rings (SSSR count). The molecule has 23 heavy (non-hydrogen) atoms. The van der Waals surface area contributed by atoms with E-state index in [1.165, 1.54) is 6.92 Å². The second-order valence-electron chi connectivity index (χ2n) is 5.08. The van der Waals surface area contributed by atoms with Crippen molar-refractivity contribution in [2.45, 2.75) is 19.8 Å². The predicted molar refractivity (Wildman–Crippen MR) is 85.2 cm³/mol. The number of rotatable bonds is 3. The smallest absolute Gasteiger partial charge is 0.158 e. The van der Waals surface area contributed by atoms with E-state index in [0.717, 1.165) is 5.56 Å². The van der Waals surface area contributed by atoms with Crippen LogP contribution >= 0.6 is 0 Å². The van der Waals surface area contributed by atoms with Gasteiger partial charge in [-0.3, -0.25) is 10.2 Å². The average molecular weight is 302 g/mol. The van der Waals surface area contributed by atoms with Crippen molar-refractivity contribution in [3.63, 3.8) is 0 Å². The molecule has 2 N–H and O–H groups in total. The molecule has 0 spiro atoms. The number of ketones is 1. The van der Waals surface area contributed by atoms with Crippen LogP contribution in [-0.2, 0) is 4.79 Å². The number of carbonyl (C=O) groups excluding carboxylic acids is 1. The van der Waals surface area contributed by atoms with Gasteiger partial charge < -0.3 is 5.32 Å². The quantitative estimate of drug-likeness (QED) is 0.662. The molecule has 1 aromatic rings. The first-order chi connectivity index (χ1) is 11.0. The third kappa shape index (κ3) is 2.82. The maximum Gasteiger partial charge on any atom is 0.158 e. The van der Waals surface area contributed by atoms with Gasteiger partial charge in [-0.15, -0.1) is 0 Å². The van der Waals surface area contributed by atoms with E-state index in [1.807, 2.05) is 42.3 Å². The summed E-state index contributed by atoms with van der Waals surface area (Å²) in [5, 5.41) is 29.0. The Hall–Kier alpha value is -3.40. The number of allylic oxidation sites excluding steroid dienone is 4. The fourth-order valence-electron chi connectivity index (χ4n) is 2.74. The molecule has 1 heterocycles. The number of dihydropyridines is 1. The Kier molecular flexibility index (Phi) is 4.57. The Bertz CT molecular complexity index is 857. The van der Waals surface area contributed by atoms with Crippen LogP contribution in [0.25, 0.3) is 0 Å². The zero-order valence-electron chi connectivity index (χ0n) is 12.8. The molecule has 0 unspecified atom stereocenters. The number of nitriles is 2. The van der Waals surface area contributed by atoms with Crippen LogP contribution in [0.4, 0.5) is 0 Å². The molecule has 0 saturated heterocycles. The van der Waals surface area contributed by atoms with E-state index in [-0.39, 0.29) is 22.6 Å². The van der Waals surface area contributed by atoms with Crippen LogP contribution < -0.4 is 5.32 Å². The number of nitrogens with one attached hydrogen (secondary N) is 2. The molecule has 112 valence electrons. The maximum absolute atomic E-state index is 12.1. The molecule has 0 radical (unpaired) electrons. The molecule has 0 fully saturated rings. The van der Waals surface area contributed by atoms with Gasteiger partial charge in [0.05, 0.1) is 23.3 Å². The molecule has 0 aromatic heterocycles. The number of hydrogen-bond donors (Lipinski definition) is 2. The maximum atomic E-state index is 12.1. The summed E-state index contributed by atoms with van der Waals surface area (Å²) >= 11 is 0. The molecule has 0 aliphatic carbocycles. The fraction of sp³-hybridized carbons (Fsp3) is 0.167. The Morgan fingerprint density at radius 1 is 1.26 bits per heavy atom. The van der Waals surface area contributed by atoms with Crippen LogP contribution in [0.1, 0.15) is 25.3 Å². The van der Waals surface area contributed by atoms with Crippen molar-refractivity contribution in [1.29, 1.82) is 15.9 Å². The predicted octanol–water partition coefficient (Wildman–Crippen LogP) is 2.71. The van der Waals surface area contributed by atoms with Crippen molar-refractivity contribution >= 4 is 11.7 Å². The monoisotopic (exact) mass is 302 g/mol. The van der Waals surface area contributed by atoms with E-state index >= 15 is 0 Å². The summed E-state index contributed by atoms with van der Waals surface area (Å²) in [6, 6.07) is 13.1. The van der Waals surface area contributed by atoms with E-state index in [9.17, 15) is 15.3 Å². The summed E-state index contributed by atoms with van der Waals surface area (Å²) < 4.78 is 0. The summed E-state index contributed by atoms with van der Waals surface area (Å²) in [6.45, 7) is 3.17. The Morgan fingerprint density at radius 2 is 1.91 bits per heavy atom. The lowest BCUT2D eigenvalue weighted by Crippen LogP contribution is -2.28. The first-order valence-corrected chi connectivity index (χ1v) is 6.93. The zero-order chi connectivity index (χ0) is 17.0. The SMILES string of the molecule is CC(=O)C1=C(C)NC(C(=C=N)C#N)=C(C#N)[C@@H]1c1ccccc1. The molecular weight excluding hydrogens is 288 g/mol. The van der Waals surface area contributed by atoms with Crippen LogP contribution in [0.2, 0.25) is 0 Å². The Balaban J connectivity index is 2.79. The van der Waals surface area contributed by atoms with Gasteiger partial charge in [0.15, 0.2) is 5.78 Å². The first-order valence-electron chi connectivity index (χ1n) is 6.93. The van der Waals surface area contributed by atoms with Crippen molar-refractivity contribution in [3.05, 3.63) is 64.0 Å². The highest BCUT2D eigenvalue weighted by atomic mass is 16.1. The van der Waals surface area contributed by atoms with Crippen LogP contribution in [0, 0.1) is 28.1 Å². The minimum atomic E-state index is -0.563. The van der Waals surface area contributed by atoms with E-state index in [0.29, 0.717) is 11.3 Å². The molecule has 5 heteroatoms. The third-order valence-electron chi connectivity index (χ3n) is 3.68. The summed E-state index contributed by atoms with van der Waals surface area (Å²) in [6.07, 6.45) is 0. The van der Waals surface area contributed by atoms with Crippen LogP contribution in [0.3, 0.4) is 0 Å². The second-order valence-corrected chi connectivity index (χ2v) is 5.08. The van der Waals surface area contributed by atoms with Crippen LogP contribution in [0.5, 0.6) is 0 Å². The standard InChI is InChI=1S/C18H14N4O/c1-11-16(12(2)23)17(13-6-4-3-5-7-13)15(10-21)18(22-11)14(8-19)9-20/h3-7,17,19,22H,1-2H3/t17-/m0/s1. The number of hydrogen-bond acceptors (Lipinski definition) is 5. The molecule has 5 nitrogen and oxygen atoms in total. The Morgan fingerprint density at radius 3 is 2.39 bits per heavy atom. The van der Waals surface area contributed by atoms with Gasteiger partial charge in [0.1, 0.15) is 11.6 Å². The summed E-state index contributed by atoms with van der Waals surface area (Å²) in [7, 11) is 0.